The highest BCUT2D eigenvalue weighted by Crippen LogP contribution is 2.59. The van der Waals surface area contributed by atoms with Crippen molar-refractivity contribution in [3.63, 3.8) is 0 Å². The number of rotatable bonds is 2. The van der Waals surface area contributed by atoms with Gasteiger partial charge >= 0.3 is 11.9 Å². The van der Waals surface area contributed by atoms with Gasteiger partial charge in [0.1, 0.15) is 12.2 Å². The third-order valence-corrected chi connectivity index (χ3v) is 6.71. The Labute approximate surface area is 153 Å². The van der Waals surface area contributed by atoms with Crippen LogP contribution in [-0.4, -0.2) is 46.1 Å². The number of aliphatic hydroxyl groups is 2. The van der Waals surface area contributed by atoms with Gasteiger partial charge in [-0.05, 0) is 40.0 Å². The van der Waals surface area contributed by atoms with Crippen molar-refractivity contribution in [2.45, 2.75) is 70.9 Å². The SMILES string of the molecule is C=C1C(=O)O[C@H]2C[C@]3(C)[C@@H]([C@H](OC(=O)/C(C)=C\C)[C@H]12)[C@@](C)(O)CC[C@@H]3O. The van der Waals surface area contributed by atoms with Crippen LogP contribution in [0.5, 0.6) is 0 Å². The molecule has 3 rings (SSSR count). The zero-order valence-electron chi connectivity index (χ0n) is 15.8. The Kier molecular flexibility index (Phi) is 4.56. The minimum Gasteiger partial charge on any atom is -0.458 e. The van der Waals surface area contributed by atoms with E-state index in [1.807, 2.05) is 6.92 Å². The van der Waals surface area contributed by atoms with Crippen molar-refractivity contribution in [2.24, 2.45) is 17.3 Å². The number of esters is 2. The monoisotopic (exact) mass is 364 g/mol. The molecule has 0 amide bonds. The molecule has 0 aromatic rings. The van der Waals surface area contributed by atoms with E-state index in [0.717, 1.165) is 0 Å². The molecule has 0 unspecified atom stereocenters. The van der Waals surface area contributed by atoms with E-state index in [9.17, 15) is 19.8 Å². The average Bonchev–Trinajstić information content (AvgIpc) is 2.84. The number of ether oxygens (including phenoxy) is 2. The summed E-state index contributed by atoms with van der Waals surface area (Å²) in [6, 6.07) is 0. The van der Waals surface area contributed by atoms with Crippen LogP contribution in [0, 0.1) is 17.3 Å². The van der Waals surface area contributed by atoms with Crippen LogP contribution < -0.4 is 0 Å². The fraction of sp³-hybridized carbons (Fsp3) is 0.700. The number of carbonyl (C=O) groups excluding carboxylic acids is 2. The number of hydrogen-bond acceptors (Lipinski definition) is 6. The summed E-state index contributed by atoms with van der Waals surface area (Å²) in [6.07, 6.45) is 0.922. The highest BCUT2D eigenvalue weighted by molar-refractivity contribution is 5.91. The first-order valence-electron chi connectivity index (χ1n) is 9.17. The second-order valence-corrected chi connectivity index (χ2v) is 8.44. The maximum atomic E-state index is 12.5. The predicted octanol–water partition coefficient (Wildman–Crippen LogP) is 1.89. The van der Waals surface area contributed by atoms with Crippen LogP contribution in [0.1, 0.15) is 47.0 Å². The number of carbonyl (C=O) groups is 2. The number of aliphatic hydroxyl groups excluding tert-OH is 1. The molecule has 1 heterocycles. The van der Waals surface area contributed by atoms with Crippen LogP contribution in [0.2, 0.25) is 0 Å². The molecule has 3 fully saturated rings. The van der Waals surface area contributed by atoms with Crippen molar-refractivity contribution in [1.82, 2.24) is 0 Å². The zero-order valence-corrected chi connectivity index (χ0v) is 15.8. The van der Waals surface area contributed by atoms with Gasteiger partial charge in [0.25, 0.3) is 0 Å². The fourth-order valence-corrected chi connectivity index (χ4v) is 5.17. The van der Waals surface area contributed by atoms with Crippen LogP contribution in [0.25, 0.3) is 0 Å². The second-order valence-electron chi connectivity index (χ2n) is 8.44. The largest absolute Gasteiger partial charge is 0.458 e. The minimum atomic E-state index is -1.14. The highest BCUT2D eigenvalue weighted by Gasteiger charge is 2.66. The van der Waals surface area contributed by atoms with E-state index in [2.05, 4.69) is 6.58 Å². The third kappa shape index (κ3) is 2.70. The molecular weight excluding hydrogens is 336 g/mol. The molecule has 1 aliphatic heterocycles. The summed E-state index contributed by atoms with van der Waals surface area (Å²) in [5.41, 5.74) is -1.16. The van der Waals surface area contributed by atoms with Crippen LogP contribution >= 0.6 is 0 Å². The Morgan fingerprint density at radius 3 is 2.69 bits per heavy atom. The van der Waals surface area contributed by atoms with Gasteiger partial charge in [-0.2, -0.15) is 0 Å². The molecular formula is C20H28O6. The first-order chi connectivity index (χ1) is 12.0. The Balaban J connectivity index is 2.08. The smallest absolute Gasteiger partial charge is 0.334 e. The van der Waals surface area contributed by atoms with E-state index in [1.165, 1.54) is 0 Å². The number of hydrogen-bond donors (Lipinski definition) is 2. The lowest BCUT2D eigenvalue weighted by Gasteiger charge is -2.59. The molecule has 0 radical (unpaired) electrons. The topological polar surface area (TPSA) is 93.1 Å². The van der Waals surface area contributed by atoms with E-state index >= 15 is 0 Å². The summed E-state index contributed by atoms with van der Waals surface area (Å²) in [5, 5.41) is 21.9. The van der Waals surface area contributed by atoms with Crippen molar-refractivity contribution in [2.75, 3.05) is 0 Å². The normalized spacial score (nSPS) is 45.6. The maximum Gasteiger partial charge on any atom is 0.334 e. The summed E-state index contributed by atoms with van der Waals surface area (Å²) >= 11 is 0. The van der Waals surface area contributed by atoms with Crippen molar-refractivity contribution in [3.8, 4) is 0 Å². The van der Waals surface area contributed by atoms with Gasteiger partial charge in [-0.1, -0.05) is 19.6 Å². The molecule has 2 N–H and O–H groups in total. The van der Waals surface area contributed by atoms with E-state index in [1.54, 1.807) is 26.8 Å². The Morgan fingerprint density at radius 2 is 2.08 bits per heavy atom. The van der Waals surface area contributed by atoms with E-state index in [-0.39, 0.29) is 5.57 Å². The summed E-state index contributed by atoms with van der Waals surface area (Å²) in [5.74, 6) is -2.03. The summed E-state index contributed by atoms with van der Waals surface area (Å²) < 4.78 is 11.3. The minimum absolute atomic E-state index is 0.267. The summed E-state index contributed by atoms with van der Waals surface area (Å²) in [7, 11) is 0. The number of allylic oxidation sites excluding steroid dienone is 1. The lowest BCUT2D eigenvalue weighted by atomic mass is 9.50. The molecule has 26 heavy (non-hydrogen) atoms. The van der Waals surface area contributed by atoms with Gasteiger partial charge in [-0.3, -0.25) is 0 Å². The summed E-state index contributed by atoms with van der Waals surface area (Å²) in [4.78, 5) is 24.6. The standard InChI is InChI=1S/C20H28O6/c1-6-10(2)17(22)26-15-14-11(3)18(23)25-12(14)9-19(4)13(21)7-8-20(5,24)16(15)19/h6,12-16,21,24H,3,7-9H2,1-2,4-5H3/b10-6-/t12-,13-,14+,15+,16+,19-,20-/m0/s1. The van der Waals surface area contributed by atoms with Crippen LogP contribution in [0.3, 0.4) is 0 Å². The third-order valence-electron chi connectivity index (χ3n) is 6.71. The molecule has 2 aliphatic carbocycles. The van der Waals surface area contributed by atoms with E-state index in [4.69, 9.17) is 9.47 Å². The summed E-state index contributed by atoms with van der Waals surface area (Å²) in [6.45, 7) is 10.8. The number of fused-ring (bicyclic) bond motifs is 2. The molecule has 0 spiro atoms. The van der Waals surface area contributed by atoms with Crippen LogP contribution in [0.4, 0.5) is 0 Å². The van der Waals surface area contributed by atoms with Gasteiger partial charge in [0.05, 0.1) is 17.6 Å². The van der Waals surface area contributed by atoms with Crippen molar-refractivity contribution >= 4 is 11.9 Å². The van der Waals surface area contributed by atoms with Crippen molar-refractivity contribution in [3.05, 3.63) is 23.8 Å². The molecule has 2 saturated carbocycles. The Morgan fingerprint density at radius 1 is 1.42 bits per heavy atom. The first-order valence-corrected chi connectivity index (χ1v) is 9.17. The van der Waals surface area contributed by atoms with Crippen molar-refractivity contribution in [1.29, 1.82) is 0 Å². The fourth-order valence-electron chi connectivity index (χ4n) is 5.17. The lowest BCUT2D eigenvalue weighted by molar-refractivity contribution is -0.234. The molecule has 144 valence electrons. The second kappa shape index (κ2) is 6.20. The van der Waals surface area contributed by atoms with Gasteiger partial charge in [-0.15, -0.1) is 0 Å². The predicted molar refractivity (Wildman–Crippen MR) is 93.9 cm³/mol. The quantitative estimate of drug-likeness (QED) is 0.574. The lowest BCUT2D eigenvalue weighted by Crippen LogP contribution is -2.65. The Bertz CT molecular complexity index is 678. The van der Waals surface area contributed by atoms with Crippen molar-refractivity contribution < 1.29 is 29.3 Å². The first kappa shape index (κ1) is 19.1. The molecule has 6 nitrogen and oxygen atoms in total. The molecule has 6 heteroatoms. The highest BCUT2D eigenvalue weighted by atomic mass is 16.6. The van der Waals surface area contributed by atoms with E-state index < -0.39 is 53.1 Å². The maximum absolute atomic E-state index is 12.5. The van der Waals surface area contributed by atoms with Crippen LogP contribution in [-0.2, 0) is 19.1 Å². The van der Waals surface area contributed by atoms with Gasteiger partial charge < -0.3 is 19.7 Å². The Hall–Kier alpha value is -1.66. The molecule has 0 aromatic heterocycles. The van der Waals surface area contributed by atoms with E-state index in [0.29, 0.717) is 24.8 Å². The molecule has 0 bridgehead atoms. The van der Waals surface area contributed by atoms with Gasteiger partial charge in [-0.25, -0.2) is 9.59 Å². The molecule has 3 aliphatic rings. The van der Waals surface area contributed by atoms with Gasteiger partial charge in [0, 0.05) is 22.5 Å². The average molecular weight is 364 g/mol. The zero-order chi connectivity index (χ0) is 19.4. The molecule has 1 saturated heterocycles. The van der Waals surface area contributed by atoms with Crippen LogP contribution in [0.15, 0.2) is 23.8 Å². The van der Waals surface area contributed by atoms with Gasteiger partial charge in [0.2, 0.25) is 0 Å². The molecule has 7 atom stereocenters. The van der Waals surface area contributed by atoms with Gasteiger partial charge in [0.15, 0.2) is 0 Å². The molecule has 0 aromatic carbocycles.